The molecule has 2 rings (SSSR count). The number of carbonyl (C=O) groups is 3. The van der Waals surface area contributed by atoms with Gasteiger partial charge in [0.1, 0.15) is 6.54 Å². The Hall–Kier alpha value is -2.61. The number of ether oxygens (including phenoxy) is 1. The number of carbonyl (C=O) groups excluding carboxylic acids is 3. The first kappa shape index (κ1) is 17.7. The van der Waals surface area contributed by atoms with Crippen molar-refractivity contribution in [1.29, 1.82) is 0 Å². The van der Waals surface area contributed by atoms with Crippen LogP contribution in [-0.2, 0) is 14.3 Å². The summed E-state index contributed by atoms with van der Waals surface area (Å²) in [5.74, 6) is -1.66. The second-order valence-corrected chi connectivity index (χ2v) is 5.71. The molecule has 0 radical (unpaired) electrons. The van der Waals surface area contributed by atoms with Crippen molar-refractivity contribution in [3.05, 3.63) is 52.4 Å². The minimum atomic E-state index is -0.729. The zero-order valence-electron chi connectivity index (χ0n) is 12.8. The molecule has 24 heavy (non-hydrogen) atoms. The van der Waals surface area contributed by atoms with Gasteiger partial charge in [0.25, 0.3) is 11.8 Å². The largest absolute Gasteiger partial charge is 0.459 e. The Morgan fingerprint density at radius 3 is 2.71 bits per heavy atom. The van der Waals surface area contributed by atoms with E-state index in [1.54, 1.807) is 12.1 Å². The van der Waals surface area contributed by atoms with Crippen molar-refractivity contribution < 1.29 is 23.5 Å². The first-order valence-electron chi connectivity index (χ1n) is 6.99. The molecular weight excluding hydrogens is 380 g/mol. The van der Waals surface area contributed by atoms with Crippen molar-refractivity contribution in [2.45, 2.75) is 6.92 Å². The lowest BCUT2D eigenvalue weighted by Gasteiger charge is -2.09. The van der Waals surface area contributed by atoms with Gasteiger partial charge in [0.15, 0.2) is 12.4 Å². The quantitative estimate of drug-likeness (QED) is 0.732. The molecule has 0 saturated heterocycles. The highest BCUT2D eigenvalue weighted by molar-refractivity contribution is 9.10. The van der Waals surface area contributed by atoms with Crippen LogP contribution in [0.5, 0.6) is 0 Å². The van der Waals surface area contributed by atoms with E-state index in [-0.39, 0.29) is 12.3 Å². The van der Waals surface area contributed by atoms with E-state index in [9.17, 15) is 14.4 Å². The zero-order chi connectivity index (χ0) is 17.5. The van der Waals surface area contributed by atoms with E-state index < -0.39 is 24.4 Å². The molecule has 1 aromatic heterocycles. The van der Waals surface area contributed by atoms with Gasteiger partial charge in [-0.3, -0.25) is 14.4 Å². The maximum Gasteiger partial charge on any atom is 0.325 e. The van der Waals surface area contributed by atoms with Crippen LogP contribution >= 0.6 is 15.9 Å². The molecule has 126 valence electrons. The Bertz CT molecular complexity index is 743. The van der Waals surface area contributed by atoms with Crippen molar-refractivity contribution in [3.63, 3.8) is 0 Å². The molecule has 8 heteroatoms. The number of anilines is 1. The molecule has 1 heterocycles. The van der Waals surface area contributed by atoms with Crippen molar-refractivity contribution >= 4 is 39.4 Å². The van der Waals surface area contributed by atoms with Gasteiger partial charge in [-0.25, -0.2) is 0 Å². The number of hydrogen-bond donors (Lipinski definition) is 2. The lowest BCUT2D eigenvalue weighted by atomic mass is 10.2. The smallest absolute Gasteiger partial charge is 0.325 e. The van der Waals surface area contributed by atoms with Crippen LogP contribution in [0, 0.1) is 6.92 Å². The summed E-state index contributed by atoms with van der Waals surface area (Å²) >= 11 is 3.34. The normalized spacial score (nSPS) is 10.1. The lowest BCUT2D eigenvalue weighted by molar-refractivity contribution is -0.146. The van der Waals surface area contributed by atoms with Gasteiger partial charge < -0.3 is 19.8 Å². The summed E-state index contributed by atoms with van der Waals surface area (Å²) < 4.78 is 10.4. The SMILES string of the molecule is Cc1ccc(NC(=O)COC(=O)CNC(=O)c2ccco2)c(Br)c1. The summed E-state index contributed by atoms with van der Waals surface area (Å²) in [6, 6.07) is 8.46. The fraction of sp³-hybridized carbons (Fsp3) is 0.188. The molecule has 2 aromatic rings. The Morgan fingerprint density at radius 1 is 1.25 bits per heavy atom. The standard InChI is InChI=1S/C16H15BrN2O5/c1-10-4-5-12(11(17)7-10)19-14(20)9-24-15(21)8-18-16(22)13-3-2-6-23-13/h2-7H,8-9H2,1H3,(H,18,22)(H,19,20). The second kappa shape index (κ2) is 8.30. The number of esters is 1. The first-order valence-corrected chi connectivity index (χ1v) is 7.78. The third kappa shape index (κ3) is 5.24. The van der Waals surface area contributed by atoms with Crippen LogP contribution in [0.3, 0.4) is 0 Å². The fourth-order valence-corrected chi connectivity index (χ4v) is 2.34. The maximum absolute atomic E-state index is 11.8. The first-order chi connectivity index (χ1) is 11.5. The number of nitrogens with one attached hydrogen (secondary N) is 2. The fourth-order valence-electron chi connectivity index (χ4n) is 1.75. The third-order valence-electron chi connectivity index (χ3n) is 2.90. The number of halogens is 1. The molecule has 0 fully saturated rings. The Kier molecular flexibility index (Phi) is 6.14. The molecule has 7 nitrogen and oxygen atoms in total. The molecule has 0 spiro atoms. The maximum atomic E-state index is 11.8. The van der Waals surface area contributed by atoms with Crippen molar-refractivity contribution in [1.82, 2.24) is 5.32 Å². The number of hydrogen-bond acceptors (Lipinski definition) is 5. The van der Waals surface area contributed by atoms with Crippen LogP contribution in [0.1, 0.15) is 16.1 Å². The molecule has 0 bridgehead atoms. The number of aryl methyl sites for hydroxylation is 1. The molecule has 0 unspecified atom stereocenters. The number of furan rings is 1. The lowest BCUT2D eigenvalue weighted by Crippen LogP contribution is -2.32. The minimum absolute atomic E-state index is 0.0877. The van der Waals surface area contributed by atoms with E-state index in [4.69, 9.17) is 9.15 Å². The highest BCUT2D eigenvalue weighted by atomic mass is 79.9. The summed E-state index contributed by atoms with van der Waals surface area (Å²) in [6.07, 6.45) is 1.35. The van der Waals surface area contributed by atoms with Gasteiger partial charge in [0, 0.05) is 4.47 Å². The highest BCUT2D eigenvalue weighted by Crippen LogP contribution is 2.23. The second-order valence-electron chi connectivity index (χ2n) is 4.85. The number of amides is 2. The topological polar surface area (TPSA) is 97.6 Å². The van der Waals surface area contributed by atoms with Crippen LogP contribution in [0.4, 0.5) is 5.69 Å². The molecule has 0 aliphatic carbocycles. The van der Waals surface area contributed by atoms with E-state index in [1.807, 2.05) is 19.1 Å². The molecule has 0 aliphatic heterocycles. The predicted octanol–water partition coefficient (Wildman–Crippen LogP) is 2.26. The highest BCUT2D eigenvalue weighted by Gasteiger charge is 2.13. The van der Waals surface area contributed by atoms with Crippen LogP contribution in [-0.4, -0.2) is 30.9 Å². The van der Waals surface area contributed by atoms with E-state index in [1.165, 1.54) is 12.3 Å². The molecule has 2 amide bonds. The molecule has 1 aromatic carbocycles. The molecule has 0 atom stereocenters. The summed E-state index contributed by atoms with van der Waals surface area (Å²) in [4.78, 5) is 34.9. The monoisotopic (exact) mass is 394 g/mol. The average Bonchev–Trinajstić information content (AvgIpc) is 3.08. The summed E-state index contributed by atoms with van der Waals surface area (Å²) in [5.41, 5.74) is 1.62. The van der Waals surface area contributed by atoms with Gasteiger partial charge in [0.2, 0.25) is 0 Å². The average molecular weight is 395 g/mol. The van der Waals surface area contributed by atoms with Crippen LogP contribution in [0.2, 0.25) is 0 Å². The Balaban J connectivity index is 1.73. The van der Waals surface area contributed by atoms with Crippen LogP contribution in [0.15, 0.2) is 45.5 Å². The van der Waals surface area contributed by atoms with Gasteiger partial charge in [-0.2, -0.15) is 0 Å². The van der Waals surface area contributed by atoms with E-state index in [2.05, 4.69) is 26.6 Å². The van der Waals surface area contributed by atoms with E-state index in [0.29, 0.717) is 5.69 Å². The van der Waals surface area contributed by atoms with Gasteiger partial charge in [-0.1, -0.05) is 6.07 Å². The van der Waals surface area contributed by atoms with Crippen molar-refractivity contribution in [2.24, 2.45) is 0 Å². The van der Waals surface area contributed by atoms with Gasteiger partial charge >= 0.3 is 5.97 Å². The van der Waals surface area contributed by atoms with Gasteiger partial charge in [-0.05, 0) is 52.7 Å². The number of benzene rings is 1. The third-order valence-corrected chi connectivity index (χ3v) is 3.56. The minimum Gasteiger partial charge on any atom is -0.459 e. The van der Waals surface area contributed by atoms with Gasteiger partial charge in [-0.15, -0.1) is 0 Å². The van der Waals surface area contributed by atoms with Crippen LogP contribution < -0.4 is 10.6 Å². The summed E-state index contributed by atoms with van der Waals surface area (Å²) in [7, 11) is 0. The Morgan fingerprint density at radius 2 is 2.04 bits per heavy atom. The zero-order valence-corrected chi connectivity index (χ0v) is 14.4. The van der Waals surface area contributed by atoms with E-state index >= 15 is 0 Å². The van der Waals surface area contributed by atoms with Crippen molar-refractivity contribution in [3.8, 4) is 0 Å². The molecule has 2 N–H and O–H groups in total. The van der Waals surface area contributed by atoms with Crippen LogP contribution in [0.25, 0.3) is 0 Å². The molecule has 0 aliphatic rings. The molecular formula is C16H15BrN2O5. The predicted molar refractivity (Wildman–Crippen MR) is 89.5 cm³/mol. The van der Waals surface area contributed by atoms with E-state index in [0.717, 1.165) is 10.0 Å². The van der Waals surface area contributed by atoms with Crippen molar-refractivity contribution in [2.75, 3.05) is 18.5 Å². The summed E-state index contributed by atoms with van der Waals surface area (Å²) in [6.45, 7) is 1.12. The number of rotatable bonds is 6. The Labute approximate surface area is 146 Å². The molecule has 0 saturated carbocycles. The summed E-state index contributed by atoms with van der Waals surface area (Å²) in [5, 5.41) is 4.94. The van der Waals surface area contributed by atoms with Gasteiger partial charge in [0.05, 0.1) is 12.0 Å².